The summed E-state index contributed by atoms with van der Waals surface area (Å²) < 4.78 is 10.7. The molecule has 1 saturated heterocycles. The van der Waals surface area contributed by atoms with Crippen molar-refractivity contribution in [3.05, 3.63) is 24.2 Å². The number of nitrogens with one attached hydrogen (secondary N) is 1. The molecule has 1 aliphatic carbocycles. The predicted molar refractivity (Wildman–Crippen MR) is 66.0 cm³/mol. The molecule has 1 saturated carbocycles. The number of hydrogen-bond acceptors (Lipinski definition) is 3. The Hall–Kier alpha value is -1.45. The summed E-state index contributed by atoms with van der Waals surface area (Å²) in [6.45, 7) is 0. The van der Waals surface area contributed by atoms with E-state index in [1.807, 2.05) is 12.1 Å². The minimum atomic E-state index is -0.322. The molecule has 98 valence electrons. The number of carbonyl (C=O) groups excluding carboxylic acids is 1. The lowest BCUT2D eigenvalue weighted by molar-refractivity contribution is 0.111. The van der Waals surface area contributed by atoms with Crippen molar-refractivity contribution < 1.29 is 13.9 Å². The van der Waals surface area contributed by atoms with Crippen molar-refractivity contribution in [2.45, 2.75) is 50.7 Å². The molecule has 1 aromatic heterocycles. The van der Waals surface area contributed by atoms with Crippen LogP contribution in [0.2, 0.25) is 0 Å². The zero-order valence-electron chi connectivity index (χ0n) is 10.4. The number of rotatable bonds is 3. The Kier molecular flexibility index (Phi) is 3.26. The van der Waals surface area contributed by atoms with Gasteiger partial charge < -0.3 is 14.5 Å². The van der Waals surface area contributed by atoms with Crippen molar-refractivity contribution in [1.29, 1.82) is 0 Å². The molecule has 0 spiro atoms. The van der Waals surface area contributed by atoms with E-state index < -0.39 is 0 Å². The minimum Gasteiger partial charge on any atom is -0.465 e. The van der Waals surface area contributed by atoms with Crippen LogP contribution in [0.1, 0.15) is 50.4 Å². The Morgan fingerprint density at radius 1 is 1.28 bits per heavy atom. The summed E-state index contributed by atoms with van der Waals surface area (Å²) in [4.78, 5) is 11.4. The van der Waals surface area contributed by atoms with Crippen LogP contribution in [0, 0.1) is 5.92 Å². The monoisotopic (exact) mass is 249 g/mol. The fourth-order valence-electron chi connectivity index (χ4n) is 3.13. The van der Waals surface area contributed by atoms with E-state index in [4.69, 9.17) is 9.15 Å². The molecule has 2 fully saturated rings. The maximum absolute atomic E-state index is 11.4. The first-order valence-corrected chi connectivity index (χ1v) is 6.83. The summed E-state index contributed by atoms with van der Waals surface area (Å²) >= 11 is 0. The molecule has 1 aliphatic heterocycles. The van der Waals surface area contributed by atoms with Gasteiger partial charge in [-0.15, -0.1) is 0 Å². The van der Waals surface area contributed by atoms with E-state index in [1.165, 1.54) is 32.1 Å². The van der Waals surface area contributed by atoms with Gasteiger partial charge >= 0.3 is 6.09 Å². The Labute approximate surface area is 107 Å². The number of cyclic esters (lactones) is 1. The van der Waals surface area contributed by atoms with Gasteiger partial charge in [0.25, 0.3) is 0 Å². The molecule has 2 aliphatic rings. The van der Waals surface area contributed by atoms with Gasteiger partial charge in [0.15, 0.2) is 6.10 Å². The van der Waals surface area contributed by atoms with Crippen LogP contribution in [-0.2, 0) is 4.74 Å². The second kappa shape index (κ2) is 5.04. The molecular weight excluding hydrogens is 230 g/mol. The van der Waals surface area contributed by atoms with Gasteiger partial charge in [0.05, 0.1) is 12.3 Å². The number of alkyl carbamates (subject to hydrolysis) is 1. The van der Waals surface area contributed by atoms with E-state index in [2.05, 4.69) is 5.32 Å². The molecule has 2 atom stereocenters. The molecule has 4 nitrogen and oxygen atoms in total. The van der Waals surface area contributed by atoms with Crippen molar-refractivity contribution in [2.75, 3.05) is 0 Å². The van der Waals surface area contributed by atoms with Gasteiger partial charge in [-0.05, 0) is 24.5 Å². The maximum Gasteiger partial charge on any atom is 0.408 e. The molecule has 0 radical (unpaired) electrons. The number of ether oxygens (including phenoxy) is 1. The highest BCUT2D eigenvalue weighted by molar-refractivity contribution is 5.70. The lowest BCUT2D eigenvalue weighted by atomic mass is 9.83. The van der Waals surface area contributed by atoms with Crippen LogP contribution in [0.15, 0.2) is 22.8 Å². The fraction of sp³-hybridized carbons (Fsp3) is 0.643. The fourth-order valence-corrected chi connectivity index (χ4v) is 3.13. The second-order valence-electron chi connectivity index (χ2n) is 5.33. The van der Waals surface area contributed by atoms with Gasteiger partial charge in [-0.1, -0.05) is 32.1 Å². The van der Waals surface area contributed by atoms with Crippen LogP contribution in [-0.4, -0.2) is 12.1 Å². The van der Waals surface area contributed by atoms with Crippen LogP contribution in [0.5, 0.6) is 0 Å². The van der Waals surface area contributed by atoms with Gasteiger partial charge in [-0.25, -0.2) is 4.79 Å². The highest BCUT2D eigenvalue weighted by atomic mass is 16.6. The average molecular weight is 249 g/mol. The molecule has 0 aromatic carbocycles. The van der Waals surface area contributed by atoms with Gasteiger partial charge in [-0.3, -0.25) is 0 Å². The molecule has 2 heterocycles. The van der Waals surface area contributed by atoms with Crippen LogP contribution in [0.25, 0.3) is 0 Å². The minimum absolute atomic E-state index is 0.0618. The van der Waals surface area contributed by atoms with Crippen LogP contribution in [0.4, 0.5) is 4.79 Å². The number of furan rings is 1. The zero-order chi connectivity index (χ0) is 12.4. The van der Waals surface area contributed by atoms with E-state index in [0.717, 1.165) is 12.2 Å². The SMILES string of the molecule is O=C1NC(CC2CCCCC2)C(c2ccco2)O1. The third kappa shape index (κ3) is 2.37. The van der Waals surface area contributed by atoms with Crippen LogP contribution in [0.3, 0.4) is 0 Å². The van der Waals surface area contributed by atoms with E-state index >= 15 is 0 Å². The maximum atomic E-state index is 11.4. The number of amides is 1. The van der Waals surface area contributed by atoms with Gasteiger partial charge in [-0.2, -0.15) is 0 Å². The quantitative estimate of drug-likeness (QED) is 0.893. The van der Waals surface area contributed by atoms with Crippen LogP contribution >= 0.6 is 0 Å². The molecule has 1 aromatic rings. The highest BCUT2D eigenvalue weighted by Crippen LogP contribution is 2.34. The Morgan fingerprint density at radius 2 is 2.11 bits per heavy atom. The molecule has 1 N–H and O–H groups in total. The molecule has 1 amide bonds. The summed E-state index contributed by atoms with van der Waals surface area (Å²) in [5, 5.41) is 2.92. The third-order valence-electron chi connectivity index (χ3n) is 4.04. The lowest BCUT2D eigenvalue weighted by Crippen LogP contribution is -2.30. The smallest absolute Gasteiger partial charge is 0.408 e. The normalized spacial score (nSPS) is 29.0. The molecule has 0 bridgehead atoms. The molecule has 2 unspecified atom stereocenters. The lowest BCUT2D eigenvalue weighted by Gasteiger charge is -2.25. The first kappa shape index (κ1) is 11.6. The number of carbonyl (C=O) groups is 1. The standard InChI is InChI=1S/C14H19NO3/c16-14-15-11(9-10-5-2-1-3-6-10)13(18-14)12-7-4-8-17-12/h4,7-8,10-11,13H,1-3,5-6,9H2,(H,15,16). The predicted octanol–water partition coefficient (Wildman–Crippen LogP) is 3.40. The average Bonchev–Trinajstić information content (AvgIpc) is 3.00. The van der Waals surface area contributed by atoms with Crippen molar-refractivity contribution in [3.8, 4) is 0 Å². The molecular formula is C14H19NO3. The van der Waals surface area contributed by atoms with Crippen molar-refractivity contribution >= 4 is 6.09 Å². The molecule has 4 heteroatoms. The zero-order valence-corrected chi connectivity index (χ0v) is 10.4. The van der Waals surface area contributed by atoms with E-state index in [1.54, 1.807) is 6.26 Å². The topological polar surface area (TPSA) is 51.5 Å². The van der Waals surface area contributed by atoms with Crippen molar-refractivity contribution in [3.63, 3.8) is 0 Å². The first-order chi connectivity index (χ1) is 8.83. The summed E-state index contributed by atoms with van der Waals surface area (Å²) in [6.07, 6.45) is 8.58. The summed E-state index contributed by atoms with van der Waals surface area (Å²) in [7, 11) is 0. The van der Waals surface area contributed by atoms with Crippen molar-refractivity contribution in [2.24, 2.45) is 5.92 Å². The Bertz CT molecular complexity index is 395. The second-order valence-corrected chi connectivity index (χ2v) is 5.33. The highest BCUT2D eigenvalue weighted by Gasteiger charge is 2.38. The van der Waals surface area contributed by atoms with E-state index in [-0.39, 0.29) is 18.2 Å². The Balaban J connectivity index is 1.67. The number of hydrogen-bond donors (Lipinski definition) is 1. The summed E-state index contributed by atoms with van der Waals surface area (Å²) in [5.41, 5.74) is 0. The first-order valence-electron chi connectivity index (χ1n) is 6.83. The van der Waals surface area contributed by atoms with Gasteiger partial charge in [0, 0.05) is 0 Å². The van der Waals surface area contributed by atoms with Gasteiger partial charge in [0.2, 0.25) is 0 Å². The molecule has 18 heavy (non-hydrogen) atoms. The Morgan fingerprint density at radius 3 is 2.83 bits per heavy atom. The van der Waals surface area contributed by atoms with Crippen molar-refractivity contribution in [1.82, 2.24) is 5.32 Å². The summed E-state index contributed by atoms with van der Waals surface area (Å²) in [5.74, 6) is 1.46. The van der Waals surface area contributed by atoms with Crippen LogP contribution < -0.4 is 5.32 Å². The van der Waals surface area contributed by atoms with Gasteiger partial charge in [0.1, 0.15) is 5.76 Å². The van der Waals surface area contributed by atoms with E-state index in [9.17, 15) is 4.79 Å². The third-order valence-corrected chi connectivity index (χ3v) is 4.04. The largest absolute Gasteiger partial charge is 0.465 e. The summed E-state index contributed by atoms with van der Waals surface area (Å²) in [6, 6.07) is 3.77. The molecule has 3 rings (SSSR count). The van der Waals surface area contributed by atoms with E-state index in [0.29, 0.717) is 5.92 Å².